The quantitative estimate of drug-likeness (QED) is 0.441. The molecule has 0 spiro atoms. The normalized spacial score (nSPS) is 14.5. The fraction of sp³-hybridized carbons (Fsp3) is 0.286. The molecule has 1 aromatic heterocycles. The minimum Gasteiger partial charge on any atom is -0.352 e. The Balaban J connectivity index is 1.27. The number of carbonyl (C=O) groups excluding carboxylic acids is 1. The Kier molecular flexibility index (Phi) is 6.30. The second kappa shape index (κ2) is 9.67. The highest BCUT2D eigenvalue weighted by Gasteiger charge is 2.27. The number of rotatable bonds is 6. The van der Waals surface area contributed by atoms with E-state index in [1.807, 2.05) is 6.07 Å². The number of anilines is 1. The van der Waals surface area contributed by atoms with Crippen LogP contribution in [0.3, 0.4) is 0 Å². The first-order chi connectivity index (χ1) is 16.6. The minimum absolute atomic E-state index is 0.0216. The van der Waals surface area contributed by atoms with E-state index in [1.54, 1.807) is 12.1 Å². The number of nitrogens with zero attached hydrogens (tertiary/aromatic N) is 3. The first kappa shape index (κ1) is 22.1. The summed E-state index contributed by atoms with van der Waals surface area (Å²) < 4.78 is 15.4. The Morgan fingerprint density at radius 2 is 1.65 bits per heavy atom. The molecule has 1 saturated heterocycles. The highest BCUT2D eigenvalue weighted by molar-refractivity contribution is 5.80. The number of hydrogen-bond acceptors (Lipinski definition) is 3. The van der Waals surface area contributed by atoms with E-state index in [1.165, 1.54) is 23.3 Å². The zero-order valence-electron chi connectivity index (χ0n) is 19.4. The highest BCUT2D eigenvalue weighted by atomic mass is 19.1. The molecule has 0 bridgehead atoms. The molecule has 174 valence electrons. The SMILES string of the molecule is Cc1ccc(Cn2c(N3CCC(C(=O)NCc4ccc(F)cc4)CC3)nc3ccccc32)cc1. The fourth-order valence-electron chi connectivity index (χ4n) is 4.61. The maximum absolute atomic E-state index is 13.1. The first-order valence-corrected chi connectivity index (χ1v) is 11.8. The van der Waals surface area contributed by atoms with Crippen LogP contribution in [-0.4, -0.2) is 28.5 Å². The number of piperidine rings is 1. The number of imidazole rings is 1. The molecule has 5 nitrogen and oxygen atoms in total. The topological polar surface area (TPSA) is 50.2 Å². The van der Waals surface area contributed by atoms with Gasteiger partial charge in [0, 0.05) is 25.6 Å². The van der Waals surface area contributed by atoms with Gasteiger partial charge in [-0.25, -0.2) is 9.37 Å². The summed E-state index contributed by atoms with van der Waals surface area (Å²) in [4.78, 5) is 20.0. The van der Waals surface area contributed by atoms with Gasteiger partial charge in [-0.3, -0.25) is 4.79 Å². The second-order valence-electron chi connectivity index (χ2n) is 9.08. The van der Waals surface area contributed by atoms with Crippen molar-refractivity contribution in [1.82, 2.24) is 14.9 Å². The molecule has 6 heteroatoms. The molecule has 1 aliphatic heterocycles. The predicted octanol–water partition coefficient (Wildman–Crippen LogP) is 5.06. The Bertz CT molecular complexity index is 1270. The van der Waals surface area contributed by atoms with Gasteiger partial charge < -0.3 is 14.8 Å². The third-order valence-electron chi connectivity index (χ3n) is 6.62. The minimum atomic E-state index is -0.268. The molecule has 34 heavy (non-hydrogen) atoms. The van der Waals surface area contributed by atoms with Crippen LogP contribution in [0.2, 0.25) is 0 Å². The van der Waals surface area contributed by atoms with Crippen LogP contribution in [-0.2, 0) is 17.9 Å². The van der Waals surface area contributed by atoms with Gasteiger partial charge in [0.05, 0.1) is 17.6 Å². The van der Waals surface area contributed by atoms with Crippen molar-refractivity contribution in [2.24, 2.45) is 5.92 Å². The lowest BCUT2D eigenvalue weighted by molar-refractivity contribution is -0.125. The lowest BCUT2D eigenvalue weighted by Gasteiger charge is -2.32. The monoisotopic (exact) mass is 456 g/mol. The van der Waals surface area contributed by atoms with Gasteiger partial charge in [-0.2, -0.15) is 0 Å². The maximum Gasteiger partial charge on any atom is 0.223 e. The lowest BCUT2D eigenvalue weighted by atomic mass is 9.96. The zero-order valence-corrected chi connectivity index (χ0v) is 19.4. The van der Waals surface area contributed by atoms with E-state index < -0.39 is 0 Å². The van der Waals surface area contributed by atoms with E-state index in [0.29, 0.717) is 6.54 Å². The number of halogens is 1. The number of aromatic nitrogens is 2. The molecular weight excluding hydrogens is 427 g/mol. The van der Waals surface area contributed by atoms with Gasteiger partial charge in [0.1, 0.15) is 5.82 Å². The summed E-state index contributed by atoms with van der Waals surface area (Å²) in [6.07, 6.45) is 1.56. The van der Waals surface area contributed by atoms with Crippen molar-refractivity contribution < 1.29 is 9.18 Å². The Morgan fingerprint density at radius 1 is 0.971 bits per heavy atom. The third kappa shape index (κ3) is 4.81. The molecule has 3 aromatic carbocycles. The number of nitrogens with one attached hydrogen (secondary N) is 1. The van der Waals surface area contributed by atoms with Crippen LogP contribution in [0.1, 0.15) is 29.5 Å². The van der Waals surface area contributed by atoms with Crippen molar-refractivity contribution in [1.29, 1.82) is 0 Å². The van der Waals surface area contributed by atoms with Crippen molar-refractivity contribution in [3.63, 3.8) is 0 Å². The van der Waals surface area contributed by atoms with Crippen LogP contribution in [0.4, 0.5) is 10.3 Å². The van der Waals surface area contributed by atoms with Crippen LogP contribution in [0.25, 0.3) is 11.0 Å². The number of aryl methyl sites for hydroxylation is 1. The van der Waals surface area contributed by atoms with E-state index in [-0.39, 0.29) is 17.6 Å². The predicted molar refractivity (Wildman–Crippen MR) is 133 cm³/mol. The fourth-order valence-corrected chi connectivity index (χ4v) is 4.61. The summed E-state index contributed by atoms with van der Waals surface area (Å²) in [5.41, 5.74) is 5.50. The Hall–Kier alpha value is -3.67. The molecule has 0 aliphatic carbocycles. The molecule has 2 heterocycles. The maximum atomic E-state index is 13.1. The number of amides is 1. The second-order valence-corrected chi connectivity index (χ2v) is 9.08. The van der Waals surface area contributed by atoms with E-state index in [4.69, 9.17) is 4.98 Å². The summed E-state index contributed by atoms with van der Waals surface area (Å²) in [5, 5.41) is 3.01. The number of carbonyl (C=O) groups is 1. The zero-order chi connectivity index (χ0) is 23.5. The van der Waals surface area contributed by atoms with Gasteiger partial charge in [-0.15, -0.1) is 0 Å². The molecular formula is C28H29FN4O. The van der Waals surface area contributed by atoms with Crippen LogP contribution < -0.4 is 10.2 Å². The number of benzene rings is 3. The van der Waals surface area contributed by atoms with Crippen LogP contribution in [0.15, 0.2) is 72.8 Å². The first-order valence-electron chi connectivity index (χ1n) is 11.8. The Morgan fingerprint density at radius 3 is 2.38 bits per heavy atom. The molecule has 1 amide bonds. The van der Waals surface area contributed by atoms with Gasteiger partial charge in [0.15, 0.2) is 0 Å². The lowest BCUT2D eigenvalue weighted by Crippen LogP contribution is -2.41. The van der Waals surface area contributed by atoms with Gasteiger partial charge >= 0.3 is 0 Å². The highest BCUT2D eigenvalue weighted by Crippen LogP contribution is 2.28. The molecule has 1 aliphatic rings. The van der Waals surface area contributed by atoms with Crippen molar-refractivity contribution >= 4 is 22.9 Å². The third-order valence-corrected chi connectivity index (χ3v) is 6.62. The molecule has 0 atom stereocenters. The molecule has 5 rings (SSSR count). The summed E-state index contributed by atoms with van der Waals surface area (Å²) >= 11 is 0. The standard InChI is InChI=1S/C28H29FN4O/c1-20-6-8-22(9-7-20)19-33-26-5-3-2-4-25(26)31-28(33)32-16-14-23(15-17-32)27(34)30-18-21-10-12-24(29)13-11-21/h2-13,23H,14-19H2,1H3,(H,30,34). The molecule has 0 unspecified atom stereocenters. The number of hydrogen-bond donors (Lipinski definition) is 1. The molecule has 1 fully saturated rings. The number of fused-ring (bicyclic) bond motifs is 1. The van der Waals surface area contributed by atoms with Crippen LogP contribution in [0.5, 0.6) is 0 Å². The summed E-state index contributed by atoms with van der Waals surface area (Å²) in [7, 11) is 0. The van der Waals surface area contributed by atoms with Crippen LogP contribution in [0, 0.1) is 18.7 Å². The van der Waals surface area contributed by atoms with Gasteiger partial charge in [-0.05, 0) is 55.2 Å². The number of para-hydroxylation sites is 2. The van der Waals surface area contributed by atoms with Crippen molar-refractivity contribution in [2.75, 3.05) is 18.0 Å². The van der Waals surface area contributed by atoms with Crippen molar-refractivity contribution in [3.05, 3.63) is 95.3 Å². The van der Waals surface area contributed by atoms with E-state index in [2.05, 4.69) is 64.2 Å². The largest absolute Gasteiger partial charge is 0.352 e. The van der Waals surface area contributed by atoms with Gasteiger partial charge in [0.2, 0.25) is 11.9 Å². The van der Waals surface area contributed by atoms with Crippen molar-refractivity contribution in [2.45, 2.75) is 32.9 Å². The van der Waals surface area contributed by atoms with E-state index >= 15 is 0 Å². The molecule has 4 aromatic rings. The summed E-state index contributed by atoms with van der Waals surface area (Å²) in [6, 6.07) is 23.1. The van der Waals surface area contributed by atoms with E-state index in [0.717, 1.165) is 55.0 Å². The summed E-state index contributed by atoms with van der Waals surface area (Å²) in [6.45, 7) is 4.85. The van der Waals surface area contributed by atoms with Crippen LogP contribution >= 0.6 is 0 Å². The average molecular weight is 457 g/mol. The molecule has 1 N–H and O–H groups in total. The summed E-state index contributed by atoms with van der Waals surface area (Å²) in [5.74, 6) is 0.742. The molecule has 0 saturated carbocycles. The van der Waals surface area contributed by atoms with E-state index in [9.17, 15) is 9.18 Å². The molecule has 0 radical (unpaired) electrons. The van der Waals surface area contributed by atoms with Gasteiger partial charge in [0.25, 0.3) is 0 Å². The smallest absolute Gasteiger partial charge is 0.223 e. The average Bonchev–Trinajstić information content (AvgIpc) is 3.23. The Labute approximate surface area is 199 Å². The van der Waals surface area contributed by atoms with Crippen molar-refractivity contribution in [3.8, 4) is 0 Å². The van der Waals surface area contributed by atoms with Gasteiger partial charge in [-0.1, -0.05) is 54.1 Å².